The number of carbonyl (C=O) groups is 2. The highest BCUT2D eigenvalue weighted by Crippen LogP contribution is 2.33. The third-order valence-electron chi connectivity index (χ3n) is 5.36. The first-order chi connectivity index (χ1) is 15.4. The monoisotopic (exact) mass is 423 g/mol. The maximum atomic E-state index is 11.6. The van der Waals surface area contributed by atoms with Crippen LogP contribution >= 0.6 is 0 Å². The largest absolute Gasteiger partial charge is 0.478 e. The number of carboxylic acids is 2. The van der Waals surface area contributed by atoms with Crippen molar-refractivity contribution >= 4 is 17.6 Å². The van der Waals surface area contributed by atoms with E-state index < -0.39 is 11.9 Å². The Hall–Kier alpha value is -4.38. The topological polar surface area (TPSA) is 101 Å². The van der Waals surface area contributed by atoms with Gasteiger partial charge in [0.25, 0.3) is 0 Å². The molecule has 0 fully saturated rings. The first-order valence-electron chi connectivity index (χ1n) is 10.1. The van der Waals surface area contributed by atoms with E-state index in [1.807, 2.05) is 48.5 Å². The van der Waals surface area contributed by atoms with Crippen LogP contribution in [0.1, 0.15) is 31.8 Å². The van der Waals surface area contributed by atoms with Crippen LogP contribution in [0.4, 0.5) is 5.69 Å². The summed E-state index contributed by atoms with van der Waals surface area (Å²) in [6.45, 7) is 0. The minimum Gasteiger partial charge on any atom is -0.478 e. The van der Waals surface area contributed by atoms with Crippen molar-refractivity contribution in [1.82, 2.24) is 0 Å². The molecule has 0 aromatic heterocycles. The fourth-order valence-corrected chi connectivity index (χ4v) is 3.63. The molecule has 0 radical (unpaired) electrons. The summed E-state index contributed by atoms with van der Waals surface area (Å²) in [4.78, 5) is 22.7. The average molecular weight is 423 g/mol. The standard InChI is InChI=1S/C27H21NO4/c28-23-12-3-18(4-13-23)15-17-1-5-20(6-2-17)25-16-22(27(31)32)11-14-24(25)19-7-9-21(10-8-19)26(29)30/h1-14,16H,15,28H2,(H,29,30)(H,31,32). The summed E-state index contributed by atoms with van der Waals surface area (Å²) in [5.41, 5.74) is 12.4. The van der Waals surface area contributed by atoms with Crippen LogP contribution in [0.2, 0.25) is 0 Å². The summed E-state index contributed by atoms with van der Waals surface area (Å²) >= 11 is 0. The van der Waals surface area contributed by atoms with Crippen LogP contribution in [0, 0.1) is 0 Å². The van der Waals surface area contributed by atoms with Crippen molar-refractivity contribution < 1.29 is 19.8 Å². The molecule has 0 amide bonds. The predicted octanol–water partition coefficient (Wildman–Crippen LogP) is 5.59. The summed E-state index contributed by atoms with van der Waals surface area (Å²) in [7, 11) is 0. The molecule has 0 unspecified atom stereocenters. The van der Waals surface area contributed by atoms with Gasteiger partial charge in [0.1, 0.15) is 0 Å². The number of aromatic carboxylic acids is 2. The van der Waals surface area contributed by atoms with Crippen molar-refractivity contribution in [3.05, 3.63) is 113 Å². The summed E-state index contributed by atoms with van der Waals surface area (Å²) in [5, 5.41) is 18.6. The van der Waals surface area contributed by atoms with Gasteiger partial charge in [0.2, 0.25) is 0 Å². The zero-order valence-electron chi connectivity index (χ0n) is 17.2. The van der Waals surface area contributed by atoms with Crippen molar-refractivity contribution in [2.24, 2.45) is 0 Å². The summed E-state index contributed by atoms with van der Waals surface area (Å²) in [5.74, 6) is -1.99. The molecule has 0 aliphatic carbocycles. The van der Waals surface area contributed by atoms with Crippen molar-refractivity contribution in [2.45, 2.75) is 6.42 Å². The van der Waals surface area contributed by atoms with E-state index in [0.717, 1.165) is 45.5 Å². The summed E-state index contributed by atoms with van der Waals surface area (Å²) in [6, 6.07) is 27.3. The van der Waals surface area contributed by atoms with E-state index in [0.29, 0.717) is 0 Å². The van der Waals surface area contributed by atoms with E-state index in [4.69, 9.17) is 10.8 Å². The van der Waals surface area contributed by atoms with Crippen LogP contribution < -0.4 is 5.73 Å². The minimum absolute atomic E-state index is 0.192. The molecule has 5 nitrogen and oxygen atoms in total. The molecule has 4 aromatic carbocycles. The van der Waals surface area contributed by atoms with Gasteiger partial charge in [-0.15, -0.1) is 0 Å². The van der Waals surface area contributed by atoms with Gasteiger partial charge in [-0.25, -0.2) is 9.59 Å². The molecule has 4 aromatic rings. The Balaban J connectivity index is 1.70. The third kappa shape index (κ3) is 4.52. The molecule has 32 heavy (non-hydrogen) atoms. The Morgan fingerprint density at radius 1 is 0.594 bits per heavy atom. The molecule has 158 valence electrons. The lowest BCUT2D eigenvalue weighted by molar-refractivity contribution is 0.0686. The van der Waals surface area contributed by atoms with Gasteiger partial charge < -0.3 is 15.9 Å². The average Bonchev–Trinajstić information content (AvgIpc) is 2.81. The first kappa shape index (κ1) is 20.9. The van der Waals surface area contributed by atoms with E-state index in [-0.39, 0.29) is 11.1 Å². The molecule has 0 saturated heterocycles. The number of carboxylic acid groups (broad SMARTS) is 2. The van der Waals surface area contributed by atoms with E-state index in [2.05, 4.69) is 0 Å². The van der Waals surface area contributed by atoms with Gasteiger partial charge in [0, 0.05) is 5.69 Å². The maximum Gasteiger partial charge on any atom is 0.335 e. The molecular weight excluding hydrogens is 402 g/mol. The summed E-state index contributed by atoms with van der Waals surface area (Å²) < 4.78 is 0. The van der Waals surface area contributed by atoms with Crippen LogP contribution in [0.15, 0.2) is 91.0 Å². The molecule has 4 N–H and O–H groups in total. The SMILES string of the molecule is Nc1ccc(Cc2ccc(-c3cc(C(=O)O)ccc3-c3ccc(C(=O)O)cc3)cc2)cc1. The highest BCUT2D eigenvalue weighted by Gasteiger charge is 2.13. The van der Waals surface area contributed by atoms with Crippen molar-refractivity contribution in [2.75, 3.05) is 5.73 Å². The number of nitrogen functional groups attached to an aromatic ring is 1. The van der Waals surface area contributed by atoms with E-state index in [9.17, 15) is 14.7 Å². The molecular formula is C27H21NO4. The Kier molecular flexibility index (Phi) is 5.73. The Morgan fingerprint density at radius 3 is 1.62 bits per heavy atom. The second kappa shape index (κ2) is 8.78. The Morgan fingerprint density at radius 2 is 1.06 bits per heavy atom. The normalized spacial score (nSPS) is 10.6. The van der Waals surface area contributed by atoms with Gasteiger partial charge in [0.15, 0.2) is 0 Å². The summed E-state index contributed by atoms with van der Waals surface area (Å²) in [6.07, 6.45) is 0.763. The number of hydrogen-bond donors (Lipinski definition) is 3. The molecule has 5 heteroatoms. The van der Waals surface area contributed by atoms with E-state index in [1.54, 1.807) is 42.5 Å². The quantitative estimate of drug-likeness (QED) is 0.351. The zero-order chi connectivity index (χ0) is 22.7. The smallest absolute Gasteiger partial charge is 0.335 e. The molecule has 4 rings (SSSR count). The number of rotatable bonds is 6. The van der Waals surface area contributed by atoms with Crippen LogP contribution in [-0.4, -0.2) is 22.2 Å². The molecule has 0 saturated carbocycles. The fraction of sp³-hybridized carbons (Fsp3) is 0.0370. The van der Waals surface area contributed by atoms with Crippen LogP contribution in [0.25, 0.3) is 22.3 Å². The second-order valence-corrected chi connectivity index (χ2v) is 7.56. The van der Waals surface area contributed by atoms with Crippen molar-refractivity contribution in [3.63, 3.8) is 0 Å². The predicted molar refractivity (Wildman–Crippen MR) is 125 cm³/mol. The van der Waals surface area contributed by atoms with E-state index >= 15 is 0 Å². The van der Waals surface area contributed by atoms with Gasteiger partial charge in [-0.1, -0.05) is 54.6 Å². The van der Waals surface area contributed by atoms with Gasteiger partial charge in [-0.05, 0) is 76.2 Å². The van der Waals surface area contributed by atoms with E-state index in [1.165, 1.54) is 0 Å². The fourth-order valence-electron chi connectivity index (χ4n) is 3.63. The number of benzene rings is 4. The molecule has 0 heterocycles. The lowest BCUT2D eigenvalue weighted by Gasteiger charge is -2.13. The number of anilines is 1. The zero-order valence-corrected chi connectivity index (χ0v) is 17.2. The molecule has 0 spiro atoms. The van der Waals surface area contributed by atoms with Crippen molar-refractivity contribution in [3.8, 4) is 22.3 Å². The number of hydrogen-bond acceptors (Lipinski definition) is 3. The molecule has 0 aliphatic rings. The number of nitrogens with two attached hydrogens (primary N) is 1. The Bertz CT molecular complexity index is 1280. The molecule has 0 atom stereocenters. The molecule has 0 aliphatic heterocycles. The van der Waals surface area contributed by atoms with Gasteiger partial charge in [-0.2, -0.15) is 0 Å². The van der Waals surface area contributed by atoms with Gasteiger partial charge in [0.05, 0.1) is 11.1 Å². The maximum absolute atomic E-state index is 11.6. The van der Waals surface area contributed by atoms with Crippen LogP contribution in [0.3, 0.4) is 0 Å². The van der Waals surface area contributed by atoms with Crippen LogP contribution in [-0.2, 0) is 6.42 Å². The van der Waals surface area contributed by atoms with Crippen molar-refractivity contribution in [1.29, 1.82) is 0 Å². The second-order valence-electron chi connectivity index (χ2n) is 7.56. The van der Waals surface area contributed by atoms with Gasteiger partial charge >= 0.3 is 11.9 Å². The lowest BCUT2D eigenvalue weighted by atomic mass is 9.91. The highest BCUT2D eigenvalue weighted by atomic mass is 16.4. The third-order valence-corrected chi connectivity index (χ3v) is 5.36. The Labute approximate surface area is 185 Å². The lowest BCUT2D eigenvalue weighted by Crippen LogP contribution is -1.98. The first-order valence-corrected chi connectivity index (χ1v) is 10.1. The van der Waals surface area contributed by atoms with Crippen LogP contribution in [0.5, 0.6) is 0 Å². The van der Waals surface area contributed by atoms with Gasteiger partial charge in [-0.3, -0.25) is 0 Å². The minimum atomic E-state index is -1.00. The highest BCUT2D eigenvalue weighted by molar-refractivity contribution is 5.94. The molecule has 0 bridgehead atoms.